The van der Waals surface area contributed by atoms with Crippen molar-refractivity contribution in [3.63, 3.8) is 0 Å². The van der Waals surface area contributed by atoms with Gasteiger partial charge in [0, 0.05) is 68.5 Å². The Morgan fingerprint density at radius 2 is 1.92 bits per heavy atom. The van der Waals surface area contributed by atoms with Gasteiger partial charge in [-0.05, 0) is 12.5 Å². The zero-order valence-electron chi connectivity index (χ0n) is 19.1. The number of hydrogen-bond donors (Lipinski definition) is 1. The molecule has 2 unspecified atom stereocenters. The number of ether oxygens (including phenoxy) is 2. The third-order valence-electron chi connectivity index (χ3n) is 6.30. The number of fused-ring (bicyclic) bond motifs is 1. The van der Waals surface area contributed by atoms with Crippen LogP contribution in [0.15, 0.2) is 47.4 Å². The van der Waals surface area contributed by atoms with E-state index in [0.29, 0.717) is 18.7 Å². The van der Waals surface area contributed by atoms with Crippen molar-refractivity contribution in [2.75, 3.05) is 18.4 Å². The van der Waals surface area contributed by atoms with E-state index in [1.165, 1.54) is 15.7 Å². The molecular formula is C24H22F4N4O4. The molecule has 2 saturated heterocycles. The highest BCUT2D eigenvalue weighted by atomic mass is 19.3. The van der Waals surface area contributed by atoms with Crippen molar-refractivity contribution in [1.82, 2.24) is 14.7 Å². The van der Waals surface area contributed by atoms with Gasteiger partial charge in [-0.15, -0.1) is 0 Å². The molecule has 3 heterocycles. The second-order valence-corrected chi connectivity index (χ2v) is 8.80. The summed E-state index contributed by atoms with van der Waals surface area (Å²) in [5.74, 6) is -3.53. The van der Waals surface area contributed by atoms with Gasteiger partial charge in [-0.3, -0.25) is 14.3 Å². The largest absolute Gasteiger partial charge is 0.457 e. The number of benzene rings is 1. The summed E-state index contributed by atoms with van der Waals surface area (Å²) in [6.07, 6.45) is -1.46. The SMILES string of the molecule is Cn1ccc(NC(=O)C2=CC(Oc3cc(F)c(C(=O)N4CCC4)c(F)c3)=C3CC(C(F)F)OC3C2)n1. The van der Waals surface area contributed by atoms with E-state index in [1.54, 1.807) is 19.3 Å². The fourth-order valence-electron chi connectivity index (χ4n) is 4.33. The first-order chi connectivity index (χ1) is 17.2. The average molecular weight is 506 g/mol. The van der Waals surface area contributed by atoms with Gasteiger partial charge in [-0.25, -0.2) is 17.6 Å². The molecule has 2 aliphatic heterocycles. The zero-order chi connectivity index (χ0) is 25.6. The monoisotopic (exact) mass is 506 g/mol. The van der Waals surface area contributed by atoms with Crippen molar-refractivity contribution < 1.29 is 36.6 Å². The fraction of sp³-hybridized carbons (Fsp3) is 0.375. The number of nitrogens with zero attached hydrogens (tertiary/aromatic N) is 3. The van der Waals surface area contributed by atoms with Gasteiger partial charge in [-0.2, -0.15) is 5.10 Å². The van der Waals surface area contributed by atoms with E-state index in [1.807, 2.05) is 0 Å². The van der Waals surface area contributed by atoms with Gasteiger partial charge in [0.25, 0.3) is 18.2 Å². The summed E-state index contributed by atoms with van der Waals surface area (Å²) in [5.41, 5.74) is -0.171. The smallest absolute Gasteiger partial charge is 0.264 e. The number of rotatable bonds is 6. The number of carbonyl (C=O) groups excluding carboxylic acids is 2. The van der Waals surface area contributed by atoms with Gasteiger partial charge < -0.3 is 19.7 Å². The number of alkyl halides is 2. The standard InChI is InChI=1S/C24H22F4N4O4/c1-31-6-3-20(30-31)29-23(33)12-7-17(14-11-19(22(27)28)36-18(14)8-12)35-13-9-15(25)21(16(26)10-13)24(34)32-4-2-5-32/h3,6-7,9-10,18-19,22H,2,4-5,8,11H2,1H3,(H,29,30,33). The molecule has 3 aliphatic rings. The van der Waals surface area contributed by atoms with Crippen molar-refractivity contribution >= 4 is 17.6 Å². The van der Waals surface area contributed by atoms with Crippen LogP contribution in [0, 0.1) is 11.6 Å². The van der Waals surface area contributed by atoms with Crippen molar-refractivity contribution in [2.24, 2.45) is 7.05 Å². The van der Waals surface area contributed by atoms with Crippen LogP contribution in [-0.2, 0) is 16.6 Å². The summed E-state index contributed by atoms with van der Waals surface area (Å²) < 4.78 is 68.8. The number of aryl methyl sites for hydroxylation is 1. The lowest BCUT2D eigenvalue weighted by Gasteiger charge is -2.31. The van der Waals surface area contributed by atoms with E-state index in [0.717, 1.165) is 18.6 Å². The molecule has 1 aromatic carbocycles. The zero-order valence-corrected chi connectivity index (χ0v) is 19.1. The molecule has 2 fully saturated rings. The fourth-order valence-corrected chi connectivity index (χ4v) is 4.33. The number of halogens is 4. The highest BCUT2D eigenvalue weighted by Gasteiger charge is 2.41. The normalized spacial score (nSPS) is 21.3. The Morgan fingerprint density at radius 1 is 1.19 bits per heavy atom. The molecule has 5 rings (SSSR count). The molecule has 8 nitrogen and oxygen atoms in total. The molecule has 1 N–H and O–H groups in total. The molecule has 2 aromatic rings. The van der Waals surface area contributed by atoms with E-state index < -0.39 is 47.6 Å². The lowest BCUT2D eigenvalue weighted by molar-refractivity contribution is -0.113. The van der Waals surface area contributed by atoms with Crippen LogP contribution in [0.3, 0.4) is 0 Å². The minimum atomic E-state index is -2.77. The minimum Gasteiger partial charge on any atom is -0.457 e. The molecule has 36 heavy (non-hydrogen) atoms. The Labute approximate surface area is 203 Å². The quantitative estimate of drug-likeness (QED) is 0.606. The second-order valence-electron chi connectivity index (χ2n) is 8.80. The van der Waals surface area contributed by atoms with Crippen molar-refractivity contribution in [3.05, 3.63) is 64.6 Å². The number of aromatic nitrogens is 2. The first-order valence-electron chi connectivity index (χ1n) is 11.3. The van der Waals surface area contributed by atoms with E-state index in [-0.39, 0.29) is 35.7 Å². The Morgan fingerprint density at radius 3 is 2.50 bits per heavy atom. The number of anilines is 1. The molecule has 0 saturated carbocycles. The average Bonchev–Trinajstić information content (AvgIpc) is 3.38. The highest BCUT2D eigenvalue weighted by molar-refractivity contribution is 6.03. The molecule has 0 radical (unpaired) electrons. The van der Waals surface area contributed by atoms with Gasteiger partial charge in [0.2, 0.25) is 0 Å². The van der Waals surface area contributed by atoms with Crippen molar-refractivity contribution in [1.29, 1.82) is 0 Å². The van der Waals surface area contributed by atoms with Gasteiger partial charge >= 0.3 is 0 Å². The van der Waals surface area contributed by atoms with Crippen LogP contribution in [0.5, 0.6) is 5.75 Å². The van der Waals surface area contributed by atoms with Gasteiger partial charge in [0.1, 0.15) is 34.8 Å². The lowest BCUT2D eigenvalue weighted by Crippen LogP contribution is -2.42. The van der Waals surface area contributed by atoms with Crippen LogP contribution in [0.4, 0.5) is 23.4 Å². The number of amides is 2. The minimum absolute atomic E-state index is 0.01000. The van der Waals surface area contributed by atoms with Crippen molar-refractivity contribution in [3.8, 4) is 5.75 Å². The molecule has 2 atom stereocenters. The Kier molecular flexibility index (Phi) is 6.29. The molecule has 1 aromatic heterocycles. The topological polar surface area (TPSA) is 85.7 Å². The molecule has 12 heteroatoms. The number of likely N-dealkylation sites (tertiary alicyclic amines) is 1. The van der Waals surface area contributed by atoms with Crippen LogP contribution in [0.2, 0.25) is 0 Å². The Balaban J connectivity index is 1.43. The lowest BCUT2D eigenvalue weighted by atomic mass is 9.92. The van der Waals surface area contributed by atoms with Crippen LogP contribution in [-0.4, -0.2) is 58.2 Å². The second kappa shape index (κ2) is 9.41. The van der Waals surface area contributed by atoms with E-state index >= 15 is 0 Å². The third-order valence-corrected chi connectivity index (χ3v) is 6.30. The van der Waals surface area contributed by atoms with Crippen molar-refractivity contribution in [2.45, 2.75) is 37.9 Å². The summed E-state index contributed by atoms with van der Waals surface area (Å²) in [7, 11) is 1.67. The summed E-state index contributed by atoms with van der Waals surface area (Å²) in [6, 6.07) is 3.29. The van der Waals surface area contributed by atoms with Gasteiger partial charge in [-0.1, -0.05) is 0 Å². The summed E-state index contributed by atoms with van der Waals surface area (Å²) in [6.45, 7) is 0.847. The predicted octanol–water partition coefficient (Wildman–Crippen LogP) is 3.57. The van der Waals surface area contributed by atoms with Gasteiger partial charge in [0.15, 0.2) is 5.82 Å². The van der Waals surface area contributed by atoms with Crippen LogP contribution in [0.25, 0.3) is 0 Å². The summed E-state index contributed by atoms with van der Waals surface area (Å²) in [4.78, 5) is 26.5. The Bertz CT molecular complexity index is 1260. The maximum atomic E-state index is 14.7. The first kappa shape index (κ1) is 24.0. The maximum Gasteiger partial charge on any atom is 0.264 e. The molecule has 2 amide bonds. The third kappa shape index (κ3) is 4.60. The number of carbonyl (C=O) groups is 2. The maximum absolute atomic E-state index is 14.7. The molecule has 0 bridgehead atoms. The molecule has 190 valence electrons. The molecule has 1 aliphatic carbocycles. The summed E-state index contributed by atoms with van der Waals surface area (Å²) >= 11 is 0. The predicted molar refractivity (Wildman–Crippen MR) is 118 cm³/mol. The molecular weight excluding hydrogens is 484 g/mol. The molecule has 0 spiro atoms. The van der Waals surface area contributed by atoms with Crippen LogP contribution >= 0.6 is 0 Å². The Hall–Kier alpha value is -3.67. The number of hydrogen-bond acceptors (Lipinski definition) is 5. The van der Waals surface area contributed by atoms with E-state index in [4.69, 9.17) is 9.47 Å². The summed E-state index contributed by atoms with van der Waals surface area (Å²) in [5, 5.41) is 6.68. The van der Waals surface area contributed by atoms with E-state index in [9.17, 15) is 27.2 Å². The number of nitrogens with one attached hydrogen (secondary N) is 1. The van der Waals surface area contributed by atoms with Crippen LogP contribution in [0.1, 0.15) is 29.6 Å². The van der Waals surface area contributed by atoms with E-state index in [2.05, 4.69) is 10.4 Å². The van der Waals surface area contributed by atoms with Gasteiger partial charge in [0.05, 0.1) is 6.10 Å². The first-order valence-corrected chi connectivity index (χ1v) is 11.3. The van der Waals surface area contributed by atoms with Crippen LogP contribution < -0.4 is 10.1 Å². The highest BCUT2D eigenvalue weighted by Crippen LogP contribution is 2.40. The number of allylic oxidation sites excluding steroid dienone is 1.